The molecule has 0 saturated carbocycles. The van der Waals surface area contributed by atoms with E-state index < -0.39 is 0 Å². The lowest BCUT2D eigenvalue weighted by molar-refractivity contribution is 0.237. The van der Waals surface area contributed by atoms with Gasteiger partial charge in [0.25, 0.3) is 0 Å². The lowest BCUT2D eigenvalue weighted by Crippen LogP contribution is -2.36. The predicted octanol–water partition coefficient (Wildman–Crippen LogP) is 3.10. The number of urea groups is 1. The number of rotatable bonds is 5. The molecular weight excluding hydrogens is 322 g/mol. The molecule has 3 aromatic rings. The van der Waals surface area contributed by atoms with Gasteiger partial charge >= 0.3 is 6.03 Å². The Bertz CT molecular complexity index is 811. The highest BCUT2D eigenvalue weighted by Gasteiger charge is 2.14. The predicted molar refractivity (Wildman–Crippen MR) is 94.5 cm³/mol. The van der Waals surface area contributed by atoms with Crippen molar-refractivity contribution in [3.05, 3.63) is 58.7 Å². The third kappa shape index (κ3) is 3.99. The van der Waals surface area contributed by atoms with E-state index in [0.717, 1.165) is 21.8 Å². The maximum atomic E-state index is 12.0. The summed E-state index contributed by atoms with van der Waals surface area (Å²) in [6.07, 6.45) is 3.60. The number of carbonyl (C=O) groups is 1. The fourth-order valence-corrected chi connectivity index (χ4v) is 3.12. The number of hydrogen-bond donors (Lipinski definition) is 2. The zero-order valence-corrected chi connectivity index (χ0v) is 14.4. The van der Waals surface area contributed by atoms with Crippen molar-refractivity contribution in [1.82, 2.24) is 25.4 Å². The molecule has 2 amide bonds. The van der Waals surface area contributed by atoms with Crippen LogP contribution in [0.15, 0.2) is 48.1 Å². The SMILES string of the molecule is C[C@@H](NC(=O)NCc1cnn(C)c1)c1nc(-c2ccccc2)cs1. The molecule has 1 atom stereocenters. The van der Waals surface area contributed by atoms with Crippen LogP contribution in [0.5, 0.6) is 0 Å². The normalized spacial score (nSPS) is 11.9. The number of nitrogens with one attached hydrogen (secondary N) is 2. The van der Waals surface area contributed by atoms with Crippen molar-refractivity contribution in [2.75, 3.05) is 0 Å². The summed E-state index contributed by atoms with van der Waals surface area (Å²) >= 11 is 1.55. The van der Waals surface area contributed by atoms with Crippen molar-refractivity contribution in [1.29, 1.82) is 0 Å². The number of thiazole rings is 1. The summed E-state index contributed by atoms with van der Waals surface area (Å²) in [7, 11) is 1.85. The summed E-state index contributed by atoms with van der Waals surface area (Å²) in [5, 5.41) is 12.7. The summed E-state index contributed by atoms with van der Waals surface area (Å²) in [5.74, 6) is 0. The molecule has 2 N–H and O–H groups in total. The van der Waals surface area contributed by atoms with E-state index in [1.54, 1.807) is 22.2 Å². The van der Waals surface area contributed by atoms with Gasteiger partial charge in [0.05, 0.1) is 17.9 Å². The Morgan fingerprint density at radius 3 is 2.83 bits per heavy atom. The summed E-state index contributed by atoms with van der Waals surface area (Å²) in [4.78, 5) is 16.6. The van der Waals surface area contributed by atoms with Crippen LogP contribution < -0.4 is 10.6 Å². The maximum absolute atomic E-state index is 12.0. The number of nitrogens with zero attached hydrogens (tertiary/aromatic N) is 3. The second-order valence-electron chi connectivity index (χ2n) is 5.51. The molecule has 0 saturated heterocycles. The van der Waals surface area contributed by atoms with Gasteiger partial charge in [0.15, 0.2) is 0 Å². The summed E-state index contributed by atoms with van der Waals surface area (Å²) in [6, 6.07) is 9.64. The first kappa shape index (κ1) is 16.2. The maximum Gasteiger partial charge on any atom is 0.315 e. The number of amides is 2. The first-order valence-electron chi connectivity index (χ1n) is 7.64. The Hall–Kier alpha value is -2.67. The molecular formula is C17H19N5OS. The highest BCUT2D eigenvalue weighted by molar-refractivity contribution is 7.10. The molecule has 7 heteroatoms. The van der Waals surface area contributed by atoms with Crippen molar-refractivity contribution >= 4 is 17.4 Å². The number of aryl methyl sites for hydroxylation is 1. The monoisotopic (exact) mass is 341 g/mol. The van der Waals surface area contributed by atoms with Gasteiger partial charge in [-0.05, 0) is 6.92 Å². The second-order valence-corrected chi connectivity index (χ2v) is 6.40. The topological polar surface area (TPSA) is 71.8 Å². The van der Waals surface area contributed by atoms with Crippen LogP contribution in [0.3, 0.4) is 0 Å². The molecule has 0 bridgehead atoms. The van der Waals surface area contributed by atoms with Crippen molar-refractivity contribution in [3.8, 4) is 11.3 Å². The molecule has 6 nitrogen and oxygen atoms in total. The van der Waals surface area contributed by atoms with E-state index in [9.17, 15) is 4.79 Å². The van der Waals surface area contributed by atoms with Gasteiger partial charge in [-0.3, -0.25) is 4.68 Å². The fraction of sp³-hybridized carbons (Fsp3) is 0.235. The molecule has 0 aliphatic heterocycles. The van der Waals surface area contributed by atoms with Gasteiger partial charge in [-0.15, -0.1) is 11.3 Å². The standard InChI is InChI=1S/C17H19N5OS/c1-12(20-17(23)18-8-13-9-19-22(2)10-13)16-21-15(11-24-16)14-6-4-3-5-7-14/h3-7,9-12H,8H2,1-2H3,(H2,18,20,23)/t12-/m1/s1. The van der Waals surface area contributed by atoms with Crippen LogP contribution in [0.4, 0.5) is 4.79 Å². The summed E-state index contributed by atoms with van der Waals surface area (Å²) < 4.78 is 1.71. The Kier molecular flexibility index (Phi) is 4.90. The quantitative estimate of drug-likeness (QED) is 0.749. The van der Waals surface area contributed by atoms with Crippen LogP contribution in [-0.4, -0.2) is 20.8 Å². The minimum atomic E-state index is -0.220. The number of benzene rings is 1. The van der Waals surface area contributed by atoms with Gasteiger partial charge in [0.2, 0.25) is 0 Å². The lowest BCUT2D eigenvalue weighted by atomic mass is 10.2. The van der Waals surface area contributed by atoms with Gasteiger partial charge in [-0.25, -0.2) is 9.78 Å². The van der Waals surface area contributed by atoms with E-state index in [2.05, 4.69) is 20.7 Å². The summed E-state index contributed by atoms with van der Waals surface area (Å²) in [5.41, 5.74) is 2.97. The molecule has 0 aliphatic carbocycles. The van der Waals surface area contributed by atoms with Crippen LogP contribution in [-0.2, 0) is 13.6 Å². The van der Waals surface area contributed by atoms with Crippen LogP contribution in [0, 0.1) is 0 Å². The third-order valence-electron chi connectivity index (χ3n) is 3.52. The molecule has 2 aromatic heterocycles. The average Bonchev–Trinajstić information content (AvgIpc) is 3.23. The van der Waals surface area contributed by atoms with E-state index in [0.29, 0.717) is 6.54 Å². The first-order valence-corrected chi connectivity index (χ1v) is 8.52. The van der Waals surface area contributed by atoms with Crippen molar-refractivity contribution in [3.63, 3.8) is 0 Å². The van der Waals surface area contributed by atoms with Gasteiger partial charge in [0.1, 0.15) is 5.01 Å². The Balaban J connectivity index is 1.55. The minimum absolute atomic E-state index is 0.152. The molecule has 0 spiro atoms. The van der Waals surface area contributed by atoms with Crippen LogP contribution in [0.1, 0.15) is 23.5 Å². The molecule has 1 aromatic carbocycles. The Morgan fingerprint density at radius 1 is 1.33 bits per heavy atom. The molecule has 0 fully saturated rings. The molecule has 124 valence electrons. The summed E-state index contributed by atoms with van der Waals surface area (Å²) in [6.45, 7) is 2.37. The smallest absolute Gasteiger partial charge is 0.315 e. The van der Waals surface area contributed by atoms with E-state index in [4.69, 9.17) is 0 Å². The Morgan fingerprint density at radius 2 is 2.12 bits per heavy atom. The van der Waals surface area contributed by atoms with E-state index in [1.807, 2.05) is 55.9 Å². The zero-order chi connectivity index (χ0) is 16.9. The van der Waals surface area contributed by atoms with Crippen LogP contribution >= 0.6 is 11.3 Å². The lowest BCUT2D eigenvalue weighted by Gasteiger charge is -2.12. The van der Waals surface area contributed by atoms with E-state index in [-0.39, 0.29) is 12.1 Å². The number of carbonyl (C=O) groups excluding carboxylic acids is 1. The van der Waals surface area contributed by atoms with E-state index in [1.165, 1.54) is 0 Å². The van der Waals surface area contributed by atoms with Crippen LogP contribution in [0.25, 0.3) is 11.3 Å². The van der Waals surface area contributed by atoms with Gasteiger partial charge in [-0.2, -0.15) is 5.10 Å². The second kappa shape index (κ2) is 7.27. The third-order valence-corrected chi connectivity index (χ3v) is 4.55. The van der Waals surface area contributed by atoms with Crippen LogP contribution in [0.2, 0.25) is 0 Å². The minimum Gasteiger partial charge on any atom is -0.334 e. The number of hydrogen-bond acceptors (Lipinski definition) is 4. The molecule has 2 heterocycles. The van der Waals surface area contributed by atoms with Crippen molar-refractivity contribution < 1.29 is 4.79 Å². The molecule has 0 unspecified atom stereocenters. The highest BCUT2D eigenvalue weighted by Crippen LogP contribution is 2.25. The van der Waals surface area contributed by atoms with Gasteiger partial charge < -0.3 is 10.6 Å². The molecule has 0 radical (unpaired) electrons. The van der Waals surface area contributed by atoms with Crippen molar-refractivity contribution in [2.24, 2.45) is 7.05 Å². The Labute approximate surface area is 144 Å². The van der Waals surface area contributed by atoms with E-state index >= 15 is 0 Å². The molecule has 3 rings (SSSR count). The fourth-order valence-electron chi connectivity index (χ4n) is 2.28. The van der Waals surface area contributed by atoms with Gasteiger partial charge in [-0.1, -0.05) is 30.3 Å². The largest absolute Gasteiger partial charge is 0.334 e. The molecule has 24 heavy (non-hydrogen) atoms. The first-order chi connectivity index (χ1) is 11.6. The highest BCUT2D eigenvalue weighted by atomic mass is 32.1. The number of aromatic nitrogens is 3. The molecule has 0 aliphatic rings. The zero-order valence-electron chi connectivity index (χ0n) is 13.6. The average molecular weight is 341 g/mol. The van der Waals surface area contributed by atoms with Gasteiger partial charge in [0, 0.05) is 36.3 Å². The van der Waals surface area contributed by atoms with Crippen molar-refractivity contribution in [2.45, 2.75) is 19.5 Å².